The Labute approximate surface area is 145 Å². The topological polar surface area (TPSA) is 73.4 Å². The minimum Gasteiger partial charge on any atom is -0.461 e. The number of para-hydroxylation sites is 1. The van der Waals surface area contributed by atoms with Crippen molar-refractivity contribution < 1.29 is 13.9 Å². The van der Waals surface area contributed by atoms with E-state index in [-0.39, 0.29) is 18.1 Å². The summed E-state index contributed by atoms with van der Waals surface area (Å²) >= 11 is 0. The molecule has 0 N–H and O–H groups in total. The Morgan fingerprint density at radius 3 is 2.88 bits per heavy atom. The molecule has 130 valence electrons. The van der Waals surface area contributed by atoms with Crippen molar-refractivity contribution in [3.8, 4) is 0 Å². The molecule has 1 aliphatic rings. The molecule has 1 aliphatic heterocycles. The molecule has 0 aliphatic carbocycles. The third-order valence-electron chi connectivity index (χ3n) is 4.89. The average Bonchev–Trinajstić information content (AvgIpc) is 3.29. The molecule has 0 bridgehead atoms. The average molecular weight is 340 g/mol. The number of carbonyl (C=O) groups is 1. The third kappa shape index (κ3) is 2.51. The number of amides is 1. The van der Waals surface area contributed by atoms with E-state index in [0.717, 1.165) is 16.8 Å². The van der Waals surface area contributed by atoms with E-state index < -0.39 is 0 Å². The molecule has 3 aromatic rings. The molecular formula is C18H20N4O3. The first-order valence-corrected chi connectivity index (χ1v) is 8.26. The van der Waals surface area contributed by atoms with E-state index in [9.17, 15) is 4.79 Å². The van der Waals surface area contributed by atoms with Gasteiger partial charge in [-0.05, 0) is 13.0 Å². The fourth-order valence-electron chi connectivity index (χ4n) is 3.61. The van der Waals surface area contributed by atoms with Crippen LogP contribution < -0.4 is 0 Å². The Bertz CT molecular complexity index is 929. The number of ether oxygens (including phenoxy) is 1. The first-order chi connectivity index (χ1) is 12.1. The van der Waals surface area contributed by atoms with E-state index in [1.807, 2.05) is 47.7 Å². The van der Waals surface area contributed by atoms with Crippen LogP contribution in [0.4, 0.5) is 0 Å². The third-order valence-corrected chi connectivity index (χ3v) is 4.89. The highest BCUT2D eigenvalue weighted by atomic mass is 16.5. The molecule has 7 nitrogen and oxygen atoms in total. The molecule has 2 aromatic heterocycles. The summed E-state index contributed by atoms with van der Waals surface area (Å²) in [5.74, 6) is 1.33. The molecule has 7 heteroatoms. The predicted molar refractivity (Wildman–Crippen MR) is 91.1 cm³/mol. The van der Waals surface area contributed by atoms with Crippen molar-refractivity contribution in [3.63, 3.8) is 0 Å². The highest BCUT2D eigenvalue weighted by Crippen LogP contribution is 2.35. The van der Waals surface area contributed by atoms with Gasteiger partial charge in [0.2, 0.25) is 0 Å². The monoisotopic (exact) mass is 340 g/mol. The Morgan fingerprint density at radius 2 is 2.16 bits per heavy atom. The number of furan rings is 1. The summed E-state index contributed by atoms with van der Waals surface area (Å²) < 4.78 is 13.1. The van der Waals surface area contributed by atoms with E-state index in [2.05, 4.69) is 10.2 Å². The lowest BCUT2D eigenvalue weighted by Gasteiger charge is -2.23. The van der Waals surface area contributed by atoms with Gasteiger partial charge in [-0.3, -0.25) is 4.79 Å². The summed E-state index contributed by atoms with van der Waals surface area (Å²) in [5.41, 5.74) is 1.33. The van der Waals surface area contributed by atoms with Gasteiger partial charge < -0.3 is 18.6 Å². The Hall–Kier alpha value is -2.67. The largest absolute Gasteiger partial charge is 0.461 e. The molecule has 1 amide bonds. The summed E-state index contributed by atoms with van der Waals surface area (Å²) in [6.45, 7) is 2.35. The normalized spacial score (nSPS) is 20.5. The van der Waals surface area contributed by atoms with E-state index in [4.69, 9.17) is 9.15 Å². The van der Waals surface area contributed by atoms with E-state index >= 15 is 0 Å². The number of carbonyl (C=O) groups excluding carboxylic acids is 1. The van der Waals surface area contributed by atoms with Crippen LogP contribution in [0.25, 0.3) is 11.0 Å². The van der Waals surface area contributed by atoms with E-state index in [0.29, 0.717) is 24.3 Å². The maximum absolute atomic E-state index is 13.4. The number of rotatable bonds is 3. The van der Waals surface area contributed by atoms with Gasteiger partial charge in [-0.25, -0.2) is 0 Å². The number of aryl methyl sites for hydroxylation is 2. The highest BCUT2D eigenvalue weighted by Gasteiger charge is 2.40. The van der Waals surface area contributed by atoms with Gasteiger partial charge in [-0.15, -0.1) is 10.2 Å². The molecule has 1 fully saturated rings. The molecule has 1 aromatic carbocycles. The zero-order chi connectivity index (χ0) is 17.6. The second-order valence-electron chi connectivity index (χ2n) is 6.40. The van der Waals surface area contributed by atoms with Crippen LogP contribution in [0.2, 0.25) is 0 Å². The quantitative estimate of drug-likeness (QED) is 0.732. The summed E-state index contributed by atoms with van der Waals surface area (Å²) in [6, 6.07) is 7.44. The number of benzene rings is 1. The van der Waals surface area contributed by atoms with Crippen molar-refractivity contribution in [2.75, 3.05) is 13.7 Å². The zero-order valence-corrected chi connectivity index (χ0v) is 14.5. The van der Waals surface area contributed by atoms with Crippen LogP contribution in [-0.2, 0) is 11.8 Å². The van der Waals surface area contributed by atoms with Gasteiger partial charge in [-0.2, -0.15) is 0 Å². The van der Waals surface area contributed by atoms with Crippen LogP contribution in [0, 0.1) is 6.92 Å². The number of hydrogen-bond acceptors (Lipinski definition) is 5. The zero-order valence-electron chi connectivity index (χ0n) is 14.5. The molecule has 4 rings (SSSR count). The molecule has 2 atom stereocenters. The molecular weight excluding hydrogens is 320 g/mol. The summed E-state index contributed by atoms with van der Waals surface area (Å²) in [6.07, 6.45) is 2.32. The van der Waals surface area contributed by atoms with Crippen molar-refractivity contribution in [1.82, 2.24) is 19.7 Å². The van der Waals surface area contributed by atoms with Crippen LogP contribution in [0.15, 0.2) is 35.0 Å². The standard InChI is InChI=1S/C18H20N4O3/c1-11-16(13-6-4-5-7-15(13)25-11)18(23)22-9-12(24-3)8-14(22)17-20-19-10-21(17)2/h4-7,10,12,14H,8-9H2,1-3H3/t12-,14+/m1/s1. The number of nitrogens with zero attached hydrogens (tertiary/aromatic N) is 4. The Morgan fingerprint density at radius 1 is 1.36 bits per heavy atom. The SMILES string of the molecule is CO[C@@H]1C[C@@H](c2nncn2C)N(C(=O)c2c(C)oc3ccccc23)C1. The van der Waals surface area contributed by atoms with Crippen molar-refractivity contribution in [2.45, 2.75) is 25.5 Å². The second-order valence-corrected chi connectivity index (χ2v) is 6.40. The summed E-state index contributed by atoms with van der Waals surface area (Å²) in [7, 11) is 3.56. The predicted octanol–water partition coefficient (Wildman–Crippen LogP) is 2.47. The van der Waals surface area contributed by atoms with Gasteiger partial charge >= 0.3 is 0 Å². The smallest absolute Gasteiger partial charge is 0.258 e. The van der Waals surface area contributed by atoms with Gasteiger partial charge in [0, 0.05) is 32.5 Å². The second kappa shape index (κ2) is 6.00. The molecule has 1 saturated heterocycles. The van der Waals surface area contributed by atoms with Gasteiger partial charge in [0.15, 0.2) is 5.82 Å². The van der Waals surface area contributed by atoms with Crippen molar-refractivity contribution in [3.05, 3.63) is 47.7 Å². The van der Waals surface area contributed by atoms with Gasteiger partial charge in [0.25, 0.3) is 5.91 Å². The van der Waals surface area contributed by atoms with Crippen LogP contribution in [0.5, 0.6) is 0 Å². The van der Waals surface area contributed by atoms with E-state index in [1.165, 1.54) is 0 Å². The number of methoxy groups -OCH3 is 1. The van der Waals surface area contributed by atoms with Crippen LogP contribution in [-0.4, -0.2) is 45.3 Å². The maximum atomic E-state index is 13.4. The highest BCUT2D eigenvalue weighted by molar-refractivity contribution is 6.07. The van der Waals surface area contributed by atoms with Gasteiger partial charge in [0.1, 0.15) is 17.7 Å². The van der Waals surface area contributed by atoms with Crippen LogP contribution in [0.3, 0.4) is 0 Å². The van der Waals surface area contributed by atoms with Gasteiger partial charge in [-0.1, -0.05) is 18.2 Å². The molecule has 0 saturated carbocycles. The maximum Gasteiger partial charge on any atom is 0.258 e. The molecule has 3 heterocycles. The first kappa shape index (κ1) is 15.8. The van der Waals surface area contributed by atoms with Crippen molar-refractivity contribution in [2.24, 2.45) is 7.05 Å². The minimum absolute atomic E-state index is 0.0240. The van der Waals surface area contributed by atoms with Gasteiger partial charge in [0.05, 0.1) is 17.7 Å². The van der Waals surface area contributed by atoms with Crippen LogP contribution >= 0.6 is 0 Å². The number of fused-ring (bicyclic) bond motifs is 1. The molecule has 0 unspecified atom stereocenters. The lowest BCUT2D eigenvalue weighted by molar-refractivity contribution is 0.0683. The lowest BCUT2D eigenvalue weighted by atomic mass is 10.1. The first-order valence-electron chi connectivity index (χ1n) is 8.26. The fraction of sp³-hybridized carbons (Fsp3) is 0.389. The van der Waals surface area contributed by atoms with Crippen LogP contribution in [0.1, 0.15) is 34.4 Å². The Kier molecular flexibility index (Phi) is 3.80. The van der Waals surface area contributed by atoms with Crippen molar-refractivity contribution in [1.29, 1.82) is 0 Å². The molecule has 25 heavy (non-hydrogen) atoms. The molecule has 0 spiro atoms. The van der Waals surface area contributed by atoms with Crippen molar-refractivity contribution >= 4 is 16.9 Å². The fourth-order valence-corrected chi connectivity index (χ4v) is 3.61. The number of likely N-dealkylation sites (tertiary alicyclic amines) is 1. The summed E-state index contributed by atoms with van der Waals surface area (Å²) in [4.78, 5) is 15.2. The molecule has 0 radical (unpaired) electrons. The van der Waals surface area contributed by atoms with E-state index in [1.54, 1.807) is 13.4 Å². The number of aromatic nitrogens is 3. The Balaban J connectivity index is 1.76. The summed E-state index contributed by atoms with van der Waals surface area (Å²) in [5, 5.41) is 9.00. The lowest BCUT2D eigenvalue weighted by Crippen LogP contribution is -2.33. The minimum atomic E-state index is -0.169. The number of hydrogen-bond donors (Lipinski definition) is 0.